The molecule has 0 N–H and O–H groups in total. The Morgan fingerprint density at radius 1 is 1.07 bits per heavy atom. The van der Waals surface area contributed by atoms with Crippen molar-refractivity contribution in [2.75, 3.05) is 32.8 Å². The molecule has 0 saturated carbocycles. The van der Waals surface area contributed by atoms with E-state index in [1.807, 2.05) is 17.0 Å². The molecule has 5 nitrogen and oxygen atoms in total. The Morgan fingerprint density at radius 2 is 1.89 bits per heavy atom. The SMILES string of the molecule is O=C(Cc1ccncc1)N1CC[C@@H]2[C@@H](COCCN2Cc2ccccc2)C1. The van der Waals surface area contributed by atoms with Crippen molar-refractivity contribution in [2.45, 2.75) is 25.4 Å². The van der Waals surface area contributed by atoms with E-state index in [0.29, 0.717) is 18.4 Å². The van der Waals surface area contributed by atoms with Crippen molar-refractivity contribution in [3.05, 3.63) is 66.0 Å². The smallest absolute Gasteiger partial charge is 0.227 e. The highest BCUT2D eigenvalue weighted by Gasteiger charge is 2.36. The highest BCUT2D eigenvalue weighted by Crippen LogP contribution is 2.27. The molecule has 5 heteroatoms. The lowest BCUT2D eigenvalue weighted by Crippen LogP contribution is -2.52. The van der Waals surface area contributed by atoms with Crippen molar-refractivity contribution >= 4 is 5.91 Å². The van der Waals surface area contributed by atoms with E-state index in [2.05, 4.69) is 40.2 Å². The van der Waals surface area contributed by atoms with Crippen LogP contribution in [0.1, 0.15) is 17.5 Å². The Bertz CT molecular complexity index is 738. The number of likely N-dealkylation sites (tertiary alicyclic amines) is 1. The maximum Gasteiger partial charge on any atom is 0.227 e. The third-order valence-electron chi connectivity index (χ3n) is 5.70. The largest absolute Gasteiger partial charge is 0.380 e. The Kier molecular flexibility index (Phi) is 5.80. The number of carbonyl (C=O) groups excluding carboxylic acids is 1. The van der Waals surface area contributed by atoms with Crippen LogP contribution in [0.25, 0.3) is 0 Å². The first kappa shape index (κ1) is 18.1. The van der Waals surface area contributed by atoms with Crippen molar-refractivity contribution in [3.8, 4) is 0 Å². The second-order valence-electron chi connectivity index (χ2n) is 7.52. The minimum atomic E-state index is 0.207. The summed E-state index contributed by atoms with van der Waals surface area (Å²) in [5.41, 5.74) is 2.37. The number of hydrogen-bond donors (Lipinski definition) is 0. The molecule has 0 radical (unpaired) electrons. The molecule has 2 aromatic rings. The highest BCUT2D eigenvalue weighted by molar-refractivity contribution is 5.78. The topological polar surface area (TPSA) is 45.7 Å². The van der Waals surface area contributed by atoms with Gasteiger partial charge in [-0.2, -0.15) is 0 Å². The first-order valence-corrected chi connectivity index (χ1v) is 9.82. The maximum atomic E-state index is 12.8. The number of carbonyl (C=O) groups is 1. The molecule has 0 unspecified atom stereocenters. The van der Waals surface area contributed by atoms with Gasteiger partial charge >= 0.3 is 0 Å². The number of hydrogen-bond acceptors (Lipinski definition) is 4. The summed E-state index contributed by atoms with van der Waals surface area (Å²) in [6.45, 7) is 5.05. The number of fused-ring (bicyclic) bond motifs is 1. The van der Waals surface area contributed by atoms with Gasteiger partial charge < -0.3 is 9.64 Å². The van der Waals surface area contributed by atoms with E-state index in [9.17, 15) is 4.79 Å². The molecule has 2 atom stereocenters. The van der Waals surface area contributed by atoms with Gasteiger partial charge in [-0.3, -0.25) is 14.7 Å². The monoisotopic (exact) mass is 365 g/mol. The number of piperidine rings is 1. The van der Waals surface area contributed by atoms with Gasteiger partial charge in [0.25, 0.3) is 0 Å². The summed E-state index contributed by atoms with van der Waals surface area (Å²) in [6, 6.07) is 15.0. The Balaban J connectivity index is 1.40. The molecule has 0 spiro atoms. The normalized spacial score (nSPS) is 23.5. The fourth-order valence-corrected chi connectivity index (χ4v) is 4.27. The van der Waals surface area contributed by atoms with Crippen LogP contribution in [0.5, 0.6) is 0 Å². The molecule has 2 saturated heterocycles. The van der Waals surface area contributed by atoms with Gasteiger partial charge in [-0.1, -0.05) is 30.3 Å². The van der Waals surface area contributed by atoms with E-state index >= 15 is 0 Å². The number of benzene rings is 1. The van der Waals surface area contributed by atoms with Gasteiger partial charge in [0, 0.05) is 50.5 Å². The van der Waals surface area contributed by atoms with E-state index in [0.717, 1.165) is 51.4 Å². The number of nitrogens with zero attached hydrogens (tertiary/aromatic N) is 3. The van der Waals surface area contributed by atoms with Crippen molar-refractivity contribution < 1.29 is 9.53 Å². The molecule has 2 aliphatic heterocycles. The van der Waals surface area contributed by atoms with Crippen LogP contribution in [0.3, 0.4) is 0 Å². The summed E-state index contributed by atoms with van der Waals surface area (Å²) in [7, 11) is 0. The van der Waals surface area contributed by atoms with Crippen molar-refractivity contribution in [3.63, 3.8) is 0 Å². The fraction of sp³-hybridized carbons (Fsp3) is 0.455. The van der Waals surface area contributed by atoms with Crippen LogP contribution in [-0.4, -0.2) is 59.6 Å². The van der Waals surface area contributed by atoms with Gasteiger partial charge in [-0.05, 0) is 29.7 Å². The van der Waals surface area contributed by atoms with Crippen molar-refractivity contribution in [1.29, 1.82) is 0 Å². The Labute approximate surface area is 161 Å². The lowest BCUT2D eigenvalue weighted by Gasteiger charge is -2.42. The number of rotatable bonds is 4. The zero-order chi connectivity index (χ0) is 18.5. The molecule has 142 valence electrons. The molecule has 0 bridgehead atoms. The molecule has 0 aliphatic carbocycles. The van der Waals surface area contributed by atoms with Gasteiger partial charge in [-0.25, -0.2) is 0 Å². The molecule has 27 heavy (non-hydrogen) atoms. The first-order chi connectivity index (χ1) is 13.3. The number of pyridine rings is 1. The predicted molar refractivity (Wildman–Crippen MR) is 104 cm³/mol. The molecule has 3 heterocycles. The average molecular weight is 365 g/mol. The average Bonchev–Trinajstić information content (AvgIpc) is 2.91. The summed E-state index contributed by atoms with van der Waals surface area (Å²) in [5, 5.41) is 0. The number of amides is 1. The Morgan fingerprint density at radius 3 is 2.70 bits per heavy atom. The lowest BCUT2D eigenvalue weighted by molar-refractivity contribution is -0.133. The molecule has 2 fully saturated rings. The molecule has 1 aromatic heterocycles. The number of aromatic nitrogens is 1. The van der Waals surface area contributed by atoms with Gasteiger partial charge in [-0.15, -0.1) is 0 Å². The van der Waals surface area contributed by atoms with E-state index in [1.165, 1.54) is 5.56 Å². The molecular formula is C22H27N3O2. The minimum Gasteiger partial charge on any atom is -0.380 e. The van der Waals surface area contributed by atoms with Crippen LogP contribution in [0.2, 0.25) is 0 Å². The molecule has 4 rings (SSSR count). The van der Waals surface area contributed by atoms with E-state index in [1.54, 1.807) is 12.4 Å². The van der Waals surface area contributed by atoms with Gasteiger partial charge in [0.1, 0.15) is 0 Å². The van der Waals surface area contributed by atoms with Crippen LogP contribution in [0.4, 0.5) is 0 Å². The fourth-order valence-electron chi connectivity index (χ4n) is 4.27. The van der Waals surface area contributed by atoms with E-state index < -0.39 is 0 Å². The third kappa shape index (κ3) is 4.54. The lowest BCUT2D eigenvalue weighted by atomic mass is 9.90. The van der Waals surface area contributed by atoms with Gasteiger partial charge in [0.2, 0.25) is 5.91 Å². The zero-order valence-electron chi connectivity index (χ0n) is 15.7. The molecule has 1 amide bonds. The quantitative estimate of drug-likeness (QED) is 0.835. The van der Waals surface area contributed by atoms with Crippen molar-refractivity contribution in [2.24, 2.45) is 5.92 Å². The zero-order valence-corrected chi connectivity index (χ0v) is 15.7. The van der Waals surface area contributed by atoms with Crippen LogP contribution < -0.4 is 0 Å². The van der Waals surface area contributed by atoms with E-state index in [-0.39, 0.29) is 5.91 Å². The van der Waals surface area contributed by atoms with Crippen LogP contribution in [-0.2, 0) is 22.5 Å². The number of ether oxygens (including phenoxy) is 1. The second kappa shape index (κ2) is 8.63. The summed E-state index contributed by atoms with van der Waals surface area (Å²) in [5.74, 6) is 0.588. The van der Waals surface area contributed by atoms with Crippen LogP contribution in [0.15, 0.2) is 54.9 Å². The van der Waals surface area contributed by atoms with Gasteiger partial charge in [0.15, 0.2) is 0 Å². The third-order valence-corrected chi connectivity index (χ3v) is 5.70. The van der Waals surface area contributed by atoms with Crippen molar-refractivity contribution in [1.82, 2.24) is 14.8 Å². The van der Waals surface area contributed by atoms with Crippen LogP contribution >= 0.6 is 0 Å². The van der Waals surface area contributed by atoms with E-state index in [4.69, 9.17) is 4.74 Å². The first-order valence-electron chi connectivity index (χ1n) is 9.82. The van der Waals surface area contributed by atoms with Crippen LogP contribution in [0, 0.1) is 5.92 Å². The standard InChI is InChI=1S/C22H27N3O2/c26-22(14-18-6-9-23-10-7-18)25-11-8-21-20(16-25)17-27-13-12-24(21)15-19-4-2-1-3-5-19/h1-7,9-10,20-21H,8,11-17H2/t20-,21-/m1/s1. The summed E-state index contributed by atoms with van der Waals surface area (Å²) in [6.07, 6.45) is 4.96. The molecular weight excluding hydrogens is 338 g/mol. The van der Waals surface area contributed by atoms with Gasteiger partial charge in [0.05, 0.1) is 19.6 Å². The Hall–Kier alpha value is -2.24. The summed E-state index contributed by atoms with van der Waals surface area (Å²) < 4.78 is 5.89. The molecule has 1 aromatic carbocycles. The minimum absolute atomic E-state index is 0.207. The molecule has 2 aliphatic rings. The second-order valence-corrected chi connectivity index (χ2v) is 7.52. The highest BCUT2D eigenvalue weighted by atomic mass is 16.5. The predicted octanol–water partition coefficient (Wildman–Crippen LogP) is 2.37. The summed E-state index contributed by atoms with van der Waals surface area (Å²) >= 11 is 0. The summed E-state index contributed by atoms with van der Waals surface area (Å²) in [4.78, 5) is 21.4. The maximum absolute atomic E-state index is 12.8.